The van der Waals surface area contributed by atoms with Crippen LogP contribution in [0.3, 0.4) is 0 Å². The Labute approximate surface area is 225 Å². The highest BCUT2D eigenvalue weighted by molar-refractivity contribution is 5.70. The molecule has 0 bridgehead atoms. The van der Waals surface area contributed by atoms with E-state index in [-0.39, 0.29) is 18.2 Å². The molecule has 202 valence electrons. The summed E-state index contributed by atoms with van der Waals surface area (Å²) in [4.78, 5) is 13.8. The van der Waals surface area contributed by atoms with Gasteiger partial charge in [-0.2, -0.15) is 0 Å². The van der Waals surface area contributed by atoms with E-state index in [1.54, 1.807) is 19.2 Å². The van der Waals surface area contributed by atoms with Crippen LogP contribution in [-0.2, 0) is 17.9 Å². The minimum absolute atomic E-state index is 0.0331. The molecule has 5 nitrogen and oxygen atoms in total. The van der Waals surface area contributed by atoms with Gasteiger partial charge in [0, 0.05) is 12.1 Å². The van der Waals surface area contributed by atoms with Gasteiger partial charge >= 0.3 is 5.97 Å². The van der Waals surface area contributed by atoms with Crippen molar-refractivity contribution in [2.24, 2.45) is 0 Å². The van der Waals surface area contributed by atoms with Gasteiger partial charge in [-0.25, -0.2) is 4.39 Å². The van der Waals surface area contributed by atoms with Crippen LogP contribution in [0.2, 0.25) is 0 Å². The largest absolute Gasteiger partial charge is 0.497 e. The van der Waals surface area contributed by atoms with Crippen molar-refractivity contribution in [2.45, 2.75) is 64.5 Å². The number of likely N-dealkylation sites (tertiary alicyclic amines) is 1. The molecule has 38 heavy (non-hydrogen) atoms. The summed E-state index contributed by atoms with van der Waals surface area (Å²) in [5.74, 6) is 0.253. The van der Waals surface area contributed by atoms with E-state index in [2.05, 4.69) is 17.9 Å². The standard InChI is InChI=1S/C32H38FNO4/c1-3-8-24(19-32(35)36)25-9-7-10-28(18-25)38-22-23-11-13-29(30-20-27(37-2)12-14-31(30)33)26(17-23)21-34-15-5-4-6-16-34/h7,9-14,17-18,20,24H,3-6,8,15-16,19,21-22H2,1-2H3,(H,35,36)/t24-/m0/s1. The summed E-state index contributed by atoms with van der Waals surface area (Å²) in [5.41, 5.74) is 4.47. The lowest BCUT2D eigenvalue weighted by atomic mass is 9.91. The van der Waals surface area contributed by atoms with Crippen LogP contribution < -0.4 is 9.47 Å². The zero-order valence-electron chi connectivity index (χ0n) is 22.4. The van der Waals surface area contributed by atoms with Crippen LogP contribution in [0.4, 0.5) is 4.39 Å². The third-order valence-electron chi connectivity index (χ3n) is 7.27. The second-order valence-electron chi connectivity index (χ2n) is 10.1. The summed E-state index contributed by atoms with van der Waals surface area (Å²) in [7, 11) is 1.59. The highest BCUT2D eigenvalue weighted by Gasteiger charge is 2.18. The van der Waals surface area contributed by atoms with Crippen molar-refractivity contribution in [3.63, 3.8) is 0 Å². The number of aliphatic carboxylic acids is 1. The average molecular weight is 520 g/mol. The van der Waals surface area contributed by atoms with Gasteiger partial charge in [-0.15, -0.1) is 0 Å². The van der Waals surface area contributed by atoms with Gasteiger partial charge in [0.25, 0.3) is 0 Å². The fourth-order valence-corrected chi connectivity index (χ4v) is 5.30. The molecule has 0 aromatic heterocycles. The Morgan fingerprint density at radius 1 is 1.00 bits per heavy atom. The fourth-order valence-electron chi connectivity index (χ4n) is 5.30. The first kappa shape index (κ1) is 27.6. The number of ether oxygens (including phenoxy) is 2. The Morgan fingerprint density at radius 3 is 2.55 bits per heavy atom. The van der Waals surface area contributed by atoms with Gasteiger partial charge in [0.2, 0.25) is 0 Å². The SMILES string of the molecule is CCC[C@@H](CC(=O)O)c1cccc(OCc2ccc(-c3cc(OC)ccc3F)c(CN3CCCCC3)c2)c1. The normalized spacial score (nSPS) is 14.7. The van der Waals surface area contributed by atoms with Gasteiger partial charge in [0.05, 0.1) is 13.5 Å². The van der Waals surface area contributed by atoms with Crippen LogP contribution in [0.5, 0.6) is 11.5 Å². The van der Waals surface area contributed by atoms with Crippen LogP contribution in [0, 0.1) is 5.82 Å². The number of carbonyl (C=O) groups is 1. The summed E-state index contributed by atoms with van der Waals surface area (Å²) in [5, 5.41) is 9.32. The Balaban J connectivity index is 1.57. The fraction of sp³-hybridized carbons (Fsp3) is 0.406. The van der Waals surface area contributed by atoms with Gasteiger partial charge in [0.15, 0.2) is 0 Å². The van der Waals surface area contributed by atoms with Gasteiger partial charge in [-0.1, -0.05) is 50.1 Å². The molecule has 3 aromatic carbocycles. The van der Waals surface area contributed by atoms with Crippen molar-refractivity contribution in [1.29, 1.82) is 0 Å². The first-order chi connectivity index (χ1) is 18.5. The molecule has 4 rings (SSSR count). The molecular formula is C32H38FNO4. The highest BCUT2D eigenvalue weighted by atomic mass is 19.1. The van der Waals surface area contributed by atoms with Crippen LogP contribution in [0.25, 0.3) is 11.1 Å². The number of carboxylic acid groups (broad SMARTS) is 1. The first-order valence-electron chi connectivity index (χ1n) is 13.6. The van der Waals surface area contributed by atoms with E-state index in [9.17, 15) is 14.3 Å². The lowest BCUT2D eigenvalue weighted by Gasteiger charge is -2.27. The summed E-state index contributed by atoms with van der Waals surface area (Å²) in [6.45, 7) is 5.28. The van der Waals surface area contributed by atoms with Crippen LogP contribution in [0.1, 0.15) is 68.1 Å². The number of hydrogen-bond acceptors (Lipinski definition) is 4. The number of carboxylic acids is 1. The maximum Gasteiger partial charge on any atom is 0.303 e. The van der Waals surface area contributed by atoms with Crippen LogP contribution in [0.15, 0.2) is 60.7 Å². The molecular weight excluding hydrogens is 481 g/mol. The molecule has 1 atom stereocenters. The quantitative estimate of drug-likeness (QED) is 0.270. The summed E-state index contributed by atoms with van der Waals surface area (Å²) in [6.07, 6.45) is 5.47. The molecule has 1 saturated heterocycles. The van der Waals surface area contributed by atoms with E-state index >= 15 is 0 Å². The Kier molecular flexibility index (Phi) is 9.77. The van der Waals surface area contributed by atoms with Crippen molar-refractivity contribution in [3.05, 3.63) is 83.2 Å². The number of nitrogens with zero attached hydrogens (tertiary/aromatic N) is 1. The molecule has 3 aromatic rings. The second kappa shape index (κ2) is 13.4. The summed E-state index contributed by atoms with van der Waals surface area (Å²) >= 11 is 0. The molecule has 0 aliphatic carbocycles. The van der Waals surface area contributed by atoms with E-state index in [0.29, 0.717) is 17.9 Å². The number of hydrogen-bond donors (Lipinski definition) is 1. The molecule has 1 aliphatic rings. The predicted octanol–water partition coefficient (Wildman–Crippen LogP) is 7.42. The molecule has 0 radical (unpaired) electrons. The van der Waals surface area contributed by atoms with E-state index in [4.69, 9.17) is 9.47 Å². The van der Waals surface area contributed by atoms with Crippen molar-refractivity contribution >= 4 is 5.97 Å². The van der Waals surface area contributed by atoms with Gasteiger partial charge in [-0.05, 0) is 90.9 Å². The van der Waals surface area contributed by atoms with Gasteiger partial charge < -0.3 is 14.6 Å². The zero-order valence-corrected chi connectivity index (χ0v) is 22.4. The minimum Gasteiger partial charge on any atom is -0.497 e. The number of piperidine rings is 1. The van der Waals surface area contributed by atoms with Crippen molar-refractivity contribution in [1.82, 2.24) is 4.90 Å². The molecule has 0 spiro atoms. The molecule has 1 N–H and O–H groups in total. The lowest BCUT2D eigenvalue weighted by molar-refractivity contribution is -0.137. The van der Waals surface area contributed by atoms with Gasteiger partial charge in [-0.3, -0.25) is 9.69 Å². The Bertz CT molecular complexity index is 1220. The number of rotatable bonds is 12. The third-order valence-corrected chi connectivity index (χ3v) is 7.27. The van der Waals surface area contributed by atoms with E-state index in [1.165, 1.54) is 25.3 Å². The monoisotopic (exact) mass is 519 g/mol. The highest BCUT2D eigenvalue weighted by Crippen LogP contribution is 2.33. The Hall–Kier alpha value is -3.38. The molecule has 0 saturated carbocycles. The van der Waals surface area contributed by atoms with Gasteiger partial charge in [0.1, 0.15) is 23.9 Å². The van der Waals surface area contributed by atoms with E-state index < -0.39 is 5.97 Å². The Morgan fingerprint density at radius 2 is 1.82 bits per heavy atom. The molecule has 1 heterocycles. The molecule has 0 unspecified atom stereocenters. The zero-order chi connectivity index (χ0) is 26.9. The van der Waals surface area contributed by atoms with Crippen molar-refractivity contribution < 1.29 is 23.8 Å². The van der Waals surface area contributed by atoms with Crippen LogP contribution >= 0.6 is 0 Å². The van der Waals surface area contributed by atoms with E-state index in [1.807, 2.05) is 36.4 Å². The summed E-state index contributed by atoms with van der Waals surface area (Å²) in [6, 6.07) is 18.7. The smallest absolute Gasteiger partial charge is 0.303 e. The minimum atomic E-state index is -0.788. The number of halogens is 1. The van der Waals surface area contributed by atoms with E-state index in [0.717, 1.165) is 60.5 Å². The molecule has 0 amide bonds. The number of benzene rings is 3. The maximum atomic E-state index is 14.9. The van der Waals surface area contributed by atoms with Crippen molar-refractivity contribution in [3.8, 4) is 22.6 Å². The maximum absolute atomic E-state index is 14.9. The molecule has 6 heteroatoms. The predicted molar refractivity (Wildman–Crippen MR) is 148 cm³/mol. The van der Waals surface area contributed by atoms with Crippen molar-refractivity contribution in [2.75, 3.05) is 20.2 Å². The second-order valence-corrected chi connectivity index (χ2v) is 10.1. The number of methoxy groups -OCH3 is 1. The third kappa shape index (κ3) is 7.35. The average Bonchev–Trinajstić information content (AvgIpc) is 2.93. The summed E-state index contributed by atoms with van der Waals surface area (Å²) < 4.78 is 26.5. The topological polar surface area (TPSA) is 59.0 Å². The first-order valence-corrected chi connectivity index (χ1v) is 13.6. The molecule has 1 aliphatic heterocycles. The molecule has 1 fully saturated rings. The lowest BCUT2D eigenvalue weighted by Crippen LogP contribution is -2.29. The van der Waals surface area contributed by atoms with Crippen LogP contribution in [-0.4, -0.2) is 36.2 Å².